The Balaban J connectivity index is 1.57. The van der Waals surface area contributed by atoms with Gasteiger partial charge in [-0.2, -0.15) is 0 Å². The zero-order chi connectivity index (χ0) is 24.4. The summed E-state index contributed by atoms with van der Waals surface area (Å²) >= 11 is 12.7. The molecular weight excluding hydrogens is 479 g/mol. The van der Waals surface area contributed by atoms with Gasteiger partial charge in [-0.1, -0.05) is 47.5 Å². The van der Waals surface area contributed by atoms with E-state index in [1.165, 1.54) is 25.7 Å². The molecule has 1 amide bonds. The third-order valence-corrected chi connectivity index (χ3v) is 8.86. The molecule has 0 aromatic heterocycles. The van der Waals surface area contributed by atoms with Gasteiger partial charge in [-0.3, -0.25) is 4.79 Å². The van der Waals surface area contributed by atoms with Crippen LogP contribution in [0.4, 0.5) is 0 Å². The number of aliphatic hydroxyl groups excluding tert-OH is 1. The van der Waals surface area contributed by atoms with Crippen molar-refractivity contribution in [3.05, 3.63) is 69.7 Å². The molecule has 2 aromatic rings. The van der Waals surface area contributed by atoms with E-state index in [1.54, 1.807) is 0 Å². The number of rotatable bonds is 9. The summed E-state index contributed by atoms with van der Waals surface area (Å²) in [6.07, 6.45) is 6.84. The van der Waals surface area contributed by atoms with Crippen LogP contribution < -0.4 is 0 Å². The van der Waals surface area contributed by atoms with Crippen LogP contribution in [-0.2, 0) is 4.79 Å². The Morgan fingerprint density at radius 1 is 0.943 bits per heavy atom. The quantitative estimate of drug-likeness (QED) is 0.425. The minimum absolute atomic E-state index is 0.0247. The van der Waals surface area contributed by atoms with E-state index in [-0.39, 0.29) is 24.5 Å². The lowest BCUT2D eigenvalue weighted by Crippen LogP contribution is -2.54. The number of carbonyl (C=O) groups excluding carboxylic acids is 1. The van der Waals surface area contributed by atoms with E-state index >= 15 is 0 Å². The summed E-state index contributed by atoms with van der Waals surface area (Å²) in [6.45, 7) is 3.94. The first-order valence-electron chi connectivity index (χ1n) is 13.1. The molecule has 3 unspecified atom stereocenters. The summed E-state index contributed by atoms with van der Waals surface area (Å²) in [4.78, 5) is 19.1. The van der Waals surface area contributed by atoms with Crippen molar-refractivity contribution in [2.45, 2.75) is 56.9 Å². The van der Waals surface area contributed by atoms with Crippen LogP contribution in [0.1, 0.15) is 68.0 Å². The highest BCUT2D eigenvalue weighted by Crippen LogP contribution is 2.53. The molecule has 1 saturated carbocycles. The van der Waals surface area contributed by atoms with Gasteiger partial charge in [0.05, 0.1) is 11.5 Å². The first-order valence-corrected chi connectivity index (χ1v) is 13.9. The molecule has 3 fully saturated rings. The molecule has 6 heteroatoms. The lowest BCUT2D eigenvalue weighted by atomic mass is 9.65. The van der Waals surface area contributed by atoms with E-state index in [4.69, 9.17) is 23.2 Å². The molecule has 2 aliphatic heterocycles. The summed E-state index contributed by atoms with van der Waals surface area (Å²) in [5.41, 5.74) is 1.71. The molecule has 2 saturated heterocycles. The Bertz CT molecular complexity index is 1020. The SMILES string of the molecule is O=C1N(CC2CC2)C(c2ccc(Cl)cc2)C(c2cccc(Cl)c2)CC1(CCO)CCN1CCCC1. The molecular formula is C29H36Cl2N2O2. The molecule has 0 radical (unpaired) electrons. The fourth-order valence-corrected chi connectivity index (χ4v) is 6.61. The second kappa shape index (κ2) is 10.8. The molecule has 188 valence electrons. The molecule has 0 spiro atoms. The molecule has 3 atom stereocenters. The Hall–Kier alpha value is -1.59. The van der Waals surface area contributed by atoms with Gasteiger partial charge in [-0.05, 0) is 106 Å². The van der Waals surface area contributed by atoms with E-state index in [1.807, 2.05) is 24.3 Å². The highest BCUT2D eigenvalue weighted by atomic mass is 35.5. The van der Waals surface area contributed by atoms with Crippen molar-refractivity contribution in [1.29, 1.82) is 0 Å². The average molecular weight is 516 g/mol. The molecule has 5 rings (SSSR count). The van der Waals surface area contributed by atoms with E-state index in [9.17, 15) is 9.90 Å². The summed E-state index contributed by atoms with van der Waals surface area (Å²) in [5, 5.41) is 11.6. The second-order valence-electron chi connectivity index (χ2n) is 10.8. The third-order valence-electron chi connectivity index (χ3n) is 8.38. The first-order chi connectivity index (χ1) is 17.0. The van der Waals surface area contributed by atoms with Gasteiger partial charge >= 0.3 is 0 Å². The summed E-state index contributed by atoms with van der Waals surface area (Å²) in [7, 11) is 0. The highest BCUT2D eigenvalue weighted by molar-refractivity contribution is 6.30. The average Bonchev–Trinajstić information content (AvgIpc) is 3.52. The maximum Gasteiger partial charge on any atom is 0.229 e. The van der Waals surface area contributed by atoms with Gasteiger partial charge in [0.2, 0.25) is 5.91 Å². The van der Waals surface area contributed by atoms with E-state index in [2.05, 4.69) is 34.1 Å². The second-order valence-corrected chi connectivity index (χ2v) is 11.7. The van der Waals surface area contributed by atoms with Crippen LogP contribution >= 0.6 is 23.2 Å². The number of piperidine rings is 1. The monoisotopic (exact) mass is 514 g/mol. The van der Waals surface area contributed by atoms with Crippen LogP contribution in [0.25, 0.3) is 0 Å². The molecule has 1 N–H and O–H groups in total. The maximum atomic E-state index is 14.4. The normalized spacial score (nSPS) is 27.5. The number of halogens is 2. The van der Waals surface area contributed by atoms with Crippen molar-refractivity contribution < 1.29 is 9.90 Å². The fraction of sp³-hybridized carbons (Fsp3) is 0.552. The van der Waals surface area contributed by atoms with Crippen LogP contribution in [0.5, 0.6) is 0 Å². The van der Waals surface area contributed by atoms with Crippen LogP contribution in [-0.4, -0.2) is 53.6 Å². The minimum atomic E-state index is -0.567. The molecule has 35 heavy (non-hydrogen) atoms. The predicted molar refractivity (Wildman–Crippen MR) is 142 cm³/mol. The largest absolute Gasteiger partial charge is 0.396 e. The van der Waals surface area contributed by atoms with Gasteiger partial charge in [0.1, 0.15) is 0 Å². The van der Waals surface area contributed by atoms with E-state index < -0.39 is 5.41 Å². The maximum absolute atomic E-state index is 14.4. The first kappa shape index (κ1) is 25.1. The van der Waals surface area contributed by atoms with Gasteiger partial charge in [0.25, 0.3) is 0 Å². The van der Waals surface area contributed by atoms with E-state index in [0.717, 1.165) is 50.1 Å². The Morgan fingerprint density at radius 3 is 2.34 bits per heavy atom. The number of amides is 1. The number of likely N-dealkylation sites (tertiary alicyclic amines) is 2. The van der Waals surface area contributed by atoms with Crippen molar-refractivity contribution in [2.75, 3.05) is 32.8 Å². The van der Waals surface area contributed by atoms with Gasteiger partial charge in [0, 0.05) is 29.1 Å². The van der Waals surface area contributed by atoms with Gasteiger partial charge in [-0.15, -0.1) is 0 Å². The number of hydrogen-bond donors (Lipinski definition) is 1. The standard InChI is InChI=1S/C29H36Cl2N2O2/c30-24-10-8-22(9-11-24)27-26(23-4-3-5-25(31)18-23)19-29(13-17-34,12-16-32-14-1-2-15-32)28(35)33(27)20-21-6-7-21/h3-5,8-11,18,21,26-27,34H,1-2,6-7,12-17,19-20H2. The van der Waals surface area contributed by atoms with Gasteiger partial charge in [-0.25, -0.2) is 0 Å². The molecule has 1 aliphatic carbocycles. The van der Waals surface area contributed by atoms with Crippen molar-refractivity contribution in [1.82, 2.24) is 9.80 Å². The Labute approximate surface area is 219 Å². The van der Waals surface area contributed by atoms with Crippen molar-refractivity contribution >= 4 is 29.1 Å². The van der Waals surface area contributed by atoms with Crippen LogP contribution in [0.15, 0.2) is 48.5 Å². The zero-order valence-electron chi connectivity index (χ0n) is 20.3. The number of aliphatic hydroxyl groups is 1. The number of carbonyl (C=O) groups is 1. The smallest absolute Gasteiger partial charge is 0.229 e. The lowest BCUT2D eigenvalue weighted by molar-refractivity contribution is -0.155. The van der Waals surface area contributed by atoms with Crippen LogP contribution in [0.2, 0.25) is 10.0 Å². The van der Waals surface area contributed by atoms with Crippen molar-refractivity contribution in [3.63, 3.8) is 0 Å². The Kier molecular flexibility index (Phi) is 7.74. The topological polar surface area (TPSA) is 43.8 Å². The van der Waals surface area contributed by atoms with Crippen molar-refractivity contribution in [2.24, 2.45) is 11.3 Å². The number of benzene rings is 2. The fourth-order valence-electron chi connectivity index (χ4n) is 6.29. The van der Waals surface area contributed by atoms with Crippen LogP contribution in [0, 0.1) is 11.3 Å². The molecule has 4 nitrogen and oxygen atoms in total. The molecule has 0 bridgehead atoms. The van der Waals surface area contributed by atoms with Crippen LogP contribution in [0.3, 0.4) is 0 Å². The van der Waals surface area contributed by atoms with Crippen molar-refractivity contribution in [3.8, 4) is 0 Å². The summed E-state index contributed by atoms with van der Waals surface area (Å²) < 4.78 is 0. The summed E-state index contributed by atoms with van der Waals surface area (Å²) in [5.74, 6) is 0.879. The molecule has 2 heterocycles. The highest BCUT2D eigenvalue weighted by Gasteiger charge is 2.52. The van der Waals surface area contributed by atoms with Gasteiger partial charge < -0.3 is 14.9 Å². The zero-order valence-corrected chi connectivity index (χ0v) is 21.9. The Morgan fingerprint density at radius 2 is 1.69 bits per heavy atom. The van der Waals surface area contributed by atoms with Gasteiger partial charge in [0.15, 0.2) is 0 Å². The number of hydrogen-bond acceptors (Lipinski definition) is 3. The third kappa shape index (κ3) is 5.56. The summed E-state index contributed by atoms with van der Waals surface area (Å²) in [6, 6.07) is 16.0. The number of nitrogens with zero attached hydrogens (tertiary/aromatic N) is 2. The van der Waals surface area contributed by atoms with E-state index in [0.29, 0.717) is 22.4 Å². The predicted octanol–water partition coefficient (Wildman–Crippen LogP) is 6.32. The minimum Gasteiger partial charge on any atom is -0.396 e. The lowest BCUT2D eigenvalue weighted by Gasteiger charge is -2.51. The molecule has 2 aromatic carbocycles. The molecule has 3 aliphatic rings.